The molecular formula is C23H25F3N4O4. The van der Waals surface area contributed by atoms with Crippen LogP contribution >= 0.6 is 0 Å². The highest BCUT2D eigenvalue weighted by Crippen LogP contribution is 2.34. The molecule has 4 rings (SSSR count). The van der Waals surface area contributed by atoms with E-state index in [1.807, 2.05) is 4.90 Å². The summed E-state index contributed by atoms with van der Waals surface area (Å²) in [7, 11) is 0. The molecule has 182 valence electrons. The third-order valence-electron chi connectivity index (χ3n) is 5.98. The smallest absolute Gasteiger partial charge is 0.434 e. The first-order valence-corrected chi connectivity index (χ1v) is 11.2. The number of aromatic nitrogens is 2. The molecule has 1 aliphatic heterocycles. The predicted octanol–water partition coefficient (Wildman–Crippen LogP) is 3.20. The van der Waals surface area contributed by atoms with Crippen molar-refractivity contribution in [3.05, 3.63) is 47.3 Å². The maximum absolute atomic E-state index is 13.7. The fourth-order valence-electron chi connectivity index (χ4n) is 4.03. The molecule has 1 aromatic carbocycles. The fraction of sp³-hybridized carbons (Fsp3) is 0.478. The highest BCUT2D eigenvalue weighted by molar-refractivity contribution is 5.94. The standard InChI is InChI=1S/C23H25F3N4O4/c1-2-34-22(33)18-13-27-30(19(18)23(24,25)26)17-7-5-14(6-8-17)20(31)28-16-9-11-29(12-10-16)21(32)15-3-4-15/h5-8,13,15-16H,2-4,9-12H2,1H3,(H,28,31). The van der Waals surface area contributed by atoms with Gasteiger partial charge in [-0.05, 0) is 56.9 Å². The van der Waals surface area contributed by atoms with Gasteiger partial charge in [0.25, 0.3) is 5.91 Å². The number of nitrogens with one attached hydrogen (secondary N) is 1. The molecule has 2 amide bonds. The number of halogens is 3. The van der Waals surface area contributed by atoms with E-state index >= 15 is 0 Å². The summed E-state index contributed by atoms with van der Waals surface area (Å²) in [5.41, 5.74) is -1.59. The van der Waals surface area contributed by atoms with E-state index in [-0.39, 0.29) is 41.6 Å². The van der Waals surface area contributed by atoms with E-state index in [9.17, 15) is 27.6 Å². The Hall–Kier alpha value is -3.37. The van der Waals surface area contributed by atoms with Crippen LogP contribution < -0.4 is 5.32 Å². The minimum Gasteiger partial charge on any atom is -0.462 e. The molecule has 1 aliphatic carbocycles. The molecule has 1 N–H and O–H groups in total. The number of alkyl halides is 3. The number of nitrogens with zero attached hydrogens (tertiary/aromatic N) is 3. The Labute approximate surface area is 194 Å². The van der Waals surface area contributed by atoms with Crippen molar-refractivity contribution in [1.29, 1.82) is 0 Å². The van der Waals surface area contributed by atoms with E-state index in [4.69, 9.17) is 4.74 Å². The SMILES string of the molecule is CCOC(=O)c1cnn(-c2ccc(C(=O)NC3CCN(C(=O)C4CC4)CC3)cc2)c1C(F)(F)F. The lowest BCUT2D eigenvalue weighted by Crippen LogP contribution is -2.47. The molecule has 11 heteroatoms. The van der Waals surface area contributed by atoms with Gasteiger partial charge in [0.15, 0.2) is 5.69 Å². The zero-order chi connectivity index (χ0) is 24.5. The summed E-state index contributed by atoms with van der Waals surface area (Å²) in [6, 6.07) is 5.40. The summed E-state index contributed by atoms with van der Waals surface area (Å²) in [4.78, 5) is 38.6. The maximum atomic E-state index is 13.7. The van der Waals surface area contributed by atoms with Gasteiger partial charge in [-0.25, -0.2) is 9.48 Å². The van der Waals surface area contributed by atoms with Gasteiger partial charge in [-0.1, -0.05) is 0 Å². The molecule has 34 heavy (non-hydrogen) atoms. The molecule has 1 saturated heterocycles. The molecule has 2 aromatic rings. The number of amides is 2. The Morgan fingerprint density at radius 1 is 1.09 bits per heavy atom. The van der Waals surface area contributed by atoms with E-state index in [0.717, 1.165) is 19.0 Å². The van der Waals surface area contributed by atoms with Crippen LogP contribution in [0.3, 0.4) is 0 Å². The van der Waals surface area contributed by atoms with Gasteiger partial charge >= 0.3 is 12.1 Å². The number of rotatable bonds is 6. The molecule has 2 heterocycles. The van der Waals surface area contributed by atoms with Crippen molar-refractivity contribution >= 4 is 17.8 Å². The first-order chi connectivity index (χ1) is 16.2. The molecular weight excluding hydrogens is 453 g/mol. The highest BCUT2D eigenvalue weighted by atomic mass is 19.4. The van der Waals surface area contributed by atoms with Gasteiger partial charge in [0.1, 0.15) is 5.56 Å². The van der Waals surface area contributed by atoms with Crippen LogP contribution in [0.25, 0.3) is 5.69 Å². The van der Waals surface area contributed by atoms with Gasteiger partial charge in [0.2, 0.25) is 5.91 Å². The van der Waals surface area contributed by atoms with Crippen molar-refractivity contribution in [2.75, 3.05) is 19.7 Å². The number of likely N-dealkylation sites (tertiary alicyclic amines) is 1. The van der Waals surface area contributed by atoms with Gasteiger partial charge in [-0.3, -0.25) is 9.59 Å². The van der Waals surface area contributed by atoms with E-state index in [1.165, 1.54) is 31.2 Å². The Morgan fingerprint density at radius 3 is 2.29 bits per heavy atom. The topological polar surface area (TPSA) is 93.5 Å². The summed E-state index contributed by atoms with van der Waals surface area (Å²) >= 11 is 0. The van der Waals surface area contributed by atoms with Crippen molar-refractivity contribution < 1.29 is 32.3 Å². The van der Waals surface area contributed by atoms with E-state index in [1.54, 1.807) is 0 Å². The quantitative estimate of drug-likeness (QED) is 0.644. The van der Waals surface area contributed by atoms with Crippen LogP contribution in [-0.2, 0) is 15.7 Å². The van der Waals surface area contributed by atoms with Crippen molar-refractivity contribution in [2.24, 2.45) is 5.92 Å². The summed E-state index contributed by atoms with van der Waals surface area (Å²) in [6.45, 7) is 2.63. The molecule has 2 aliphatic rings. The van der Waals surface area contributed by atoms with Gasteiger partial charge in [-0.2, -0.15) is 18.3 Å². The number of carbonyl (C=O) groups excluding carboxylic acids is 3. The maximum Gasteiger partial charge on any atom is 0.434 e. The summed E-state index contributed by atoms with van der Waals surface area (Å²) in [5.74, 6) is -1.09. The predicted molar refractivity (Wildman–Crippen MR) is 114 cm³/mol. The lowest BCUT2D eigenvalue weighted by atomic mass is 10.0. The number of hydrogen-bond acceptors (Lipinski definition) is 5. The second kappa shape index (κ2) is 9.47. The monoisotopic (exact) mass is 478 g/mol. The Balaban J connectivity index is 1.43. The first-order valence-electron chi connectivity index (χ1n) is 11.2. The van der Waals surface area contributed by atoms with E-state index in [2.05, 4.69) is 10.4 Å². The molecule has 1 aromatic heterocycles. The van der Waals surface area contributed by atoms with Gasteiger partial charge in [0.05, 0.1) is 18.5 Å². The van der Waals surface area contributed by atoms with Gasteiger partial charge < -0.3 is 15.0 Å². The van der Waals surface area contributed by atoms with Crippen molar-refractivity contribution in [1.82, 2.24) is 20.0 Å². The molecule has 1 saturated carbocycles. The number of benzene rings is 1. The van der Waals surface area contributed by atoms with Crippen LogP contribution in [0, 0.1) is 5.92 Å². The van der Waals surface area contributed by atoms with Crippen LogP contribution in [0.4, 0.5) is 13.2 Å². The third-order valence-corrected chi connectivity index (χ3v) is 5.98. The Kier molecular flexibility index (Phi) is 6.63. The number of hydrogen-bond donors (Lipinski definition) is 1. The van der Waals surface area contributed by atoms with Crippen molar-refractivity contribution in [3.63, 3.8) is 0 Å². The average Bonchev–Trinajstić information content (AvgIpc) is 3.55. The largest absolute Gasteiger partial charge is 0.462 e. The first kappa shape index (κ1) is 23.8. The minimum absolute atomic E-state index is 0.0475. The molecule has 2 fully saturated rings. The average molecular weight is 478 g/mol. The third kappa shape index (κ3) is 5.07. The summed E-state index contributed by atoms with van der Waals surface area (Å²) in [6.07, 6.45) is -0.800. The second-order valence-electron chi connectivity index (χ2n) is 8.43. The molecule has 0 spiro atoms. The Bertz CT molecular complexity index is 1070. The van der Waals surface area contributed by atoms with E-state index in [0.29, 0.717) is 30.6 Å². The molecule has 0 unspecified atom stereocenters. The minimum atomic E-state index is -4.84. The lowest BCUT2D eigenvalue weighted by molar-refractivity contribution is -0.143. The van der Waals surface area contributed by atoms with Crippen molar-refractivity contribution in [2.45, 2.75) is 44.8 Å². The lowest BCUT2D eigenvalue weighted by Gasteiger charge is -2.32. The fourth-order valence-corrected chi connectivity index (χ4v) is 4.03. The number of esters is 1. The second-order valence-corrected chi connectivity index (χ2v) is 8.43. The molecule has 0 bridgehead atoms. The zero-order valence-electron chi connectivity index (χ0n) is 18.6. The Morgan fingerprint density at radius 2 is 1.74 bits per heavy atom. The summed E-state index contributed by atoms with van der Waals surface area (Å²) in [5, 5.41) is 6.65. The zero-order valence-corrected chi connectivity index (χ0v) is 18.6. The molecule has 8 nitrogen and oxygen atoms in total. The van der Waals surface area contributed by atoms with Crippen LogP contribution in [-0.4, -0.2) is 58.2 Å². The van der Waals surface area contributed by atoms with Gasteiger partial charge in [0, 0.05) is 30.6 Å². The molecule has 0 atom stereocenters. The van der Waals surface area contributed by atoms with E-state index < -0.39 is 23.4 Å². The van der Waals surface area contributed by atoms with Crippen LogP contribution in [0.15, 0.2) is 30.5 Å². The van der Waals surface area contributed by atoms with Gasteiger partial charge in [-0.15, -0.1) is 0 Å². The highest BCUT2D eigenvalue weighted by Gasteiger charge is 2.41. The van der Waals surface area contributed by atoms with Crippen molar-refractivity contribution in [3.8, 4) is 5.69 Å². The summed E-state index contributed by atoms with van der Waals surface area (Å²) < 4.78 is 46.3. The van der Waals surface area contributed by atoms with Crippen LogP contribution in [0.1, 0.15) is 59.0 Å². The van der Waals surface area contributed by atoms with Crippen LogP contribution in [0.5, 0.6) is 0 Å². The van der Waals surface area contributed by atoms with Crippen LogP contribution in [0.2, 0.25) is 0 Å². The normalized spacial score (nSPS) is 16.9. The number of piperidine rings is 1. The molecule has 0 radical (unpaired) electrons. The number of ether oxygens (including phenoxy) is 1. The number of carbonyl (C=O) groups is 3.